The van der Waals surface area contributed by atoms with Crippen LogP contribution in [0, 0.1) is 11.8 Å². The Morgan fingerprint density at radius 2 is 2.10 bits per heavy atom. The van der Waals surface area contributed by atoms with Crippen LogP contribution in [0.15, 0.2) is 17.2 Å². The van der Waals surface area contributed by atoms with E-state index in [1.165, 1.54) is 0 Å². The van der Waals surface area contributed by atoms with Gasteiger partial charge in [-0.3, -0.25) is 0 Å². The van der Waals surface area contributed by atoms with E-state index in [0.717, 1.165) is 18.7 Å². The van der Waals surface area contributed by atoms with E-state index in [0.29, 0.717) is 29.8 Å². The molecule has 0 aliphatic heterocycles. The molecule has 21 heavy (non-hydrogen) atoms. The van der Waals surface area contributed by atoms with Crippen molar-refractivity contribution >= 4 is 10.0 Å². The summed E-state index contributed by atoms with van der Waals surface area (Å²) in [4.78, 5) is 0.373. The van der Waals surface area contributed by atoms with E-state index in [9.17, 15) is 8.42 Å². The lowest BCUT2D eigenvalue weighted by Gasteiger charge is -2.12. The van der Waals surface area contributed by atoms with Crippen LogP contribution in [0.25, 0.3) is 0 Å². The second-order valence-corrected chi connectivity index (χ2v) is 8.04. The van der Waals surface area contributed by atoms with Crippen molar-refractivity contribution in [2.75, 3.05) is 13.1 Å². The highest BCUT2D eigenvalue weighted by atomic mass is 32.2. The summed E-state index contributed by atoms with van der Waals surface area (Å²) in [5, 5.41) is 3.25. The molecule has 0 bridgehead atoms. The molecule has 1 heterocycles. The van der Waals surface area contributed by atoms with E-state index >= 15 is 0 Å². The topological polar surface area (TPSA) is 63.1 Å². The largest absolute Gasteiger partial charge is 0.346 e. The smallest absolute Gasteiger partial charge is 0.242 e. The Hall–Kier alpha value is -0.850. The van der Waals surface area contributed by atoms with Crippen LogP contribution in [0.2, 0.25) is 0 Å². The summed E-state index contributed by atoms with van der Waals surface area (Å²) in [6.45, 7) is 10.4. The van der Waals surface area contributed by atoms with Gasteiger partial charge in [-0.15, -0.1) is 0 Å². The van der Waals surface area contributed by atoms with E-state index in [2.05, 4.69) is 30.8 Å². The van der Waals surface area contributed by atoms with Crippen molar-refractivity contribution < 1.29 is 8.42 Å². The van der Waals surface area contributed by atoms with Crippen molar-refractivity contribution in [1.82, 2.24) is 14.6 Å². The number of nitrogens with one attached hydrogen (secondary N) is 2. The molecule has 0 aromatic carbocycles. The molecule has 2 N–H and O–H groups in total. The second kappa shape index (κ2) is 6.50. The zero-order valence-electron chi connectivity index (χ0n) is 13.4. The second-order valence-electron chi connectivity index (χ2n) is 6.27. The van der Waals surface area contributed by atoms with Crippen LogP contribution in [0.3, 0.4) is 0 Å². The van der Waals surface area contributed by atoms with Gasteiger partial charge in [0, 0.05) is 31.0 Å². The minimum atomic E-state index is -3.40. The molecule has 0 spiro atoms. The van der Waals surface area contributed by atoms with E-state index < -0.39 is 10.0 Å². The molecule has 2 rings (SSSR count). The maximum Gasteiger partial charge on any atom is 0.242 e. The van der Waals surface area contributed by atoms with Crippen molar-refractivity contribution in [2.24, 2.45) is 11.8 Å². The van der Waals surface area contributed by atoms with Gasteiger partial charge in [0.25, 0.3) is 0 Å². The van der Waals surface area contributed by atoms with Gasteiger partial charge in [0.1, 0.15) is 0 Å². The van der Waals surface area contributed by atoms with Crippen LogP contribution >= 0.6 is 0 Å². The number of nitrogens with zero attached hydrogens (tertiary/aromatic N) is 1. The number of aromatic nitrogens is 1. The first-order valence-corrected chi connectivity index (χ1v) is 9.24. The average molecular weight is 313 g/mol. The van der Waals surface area contributed by atoms with E-state index in [1.54, 1.807) is 12.3 Å². The molecule has 1 fully saturated rings. The lowest BCUT2D eigenvalue weighted by atomic mass is 10.3. The normalized spacial score (nSPS) is 22.0. The molecule has 1 aromatic rings. The monoisotopic (exact) mass is 313 g/mol. The highest BCUT2D eigenvalue weighted by Gasteiger charge is 2.33. The molecule has 1 saturated carbocycles. The predicted octanol–water partition coefficient (Wildman–Crippen LogP) is 2.11. The minimum absolute atomic E-state index is 0.242. The van der Waals surface area contributed by atoms with Crippen molar-refractivity contribution in [3.63, 3.8) is 0 Å². The molecular formula is C15H27N3O2S. The lowest BCUT2D eigenvalue weighted by Crippen LogP contribution is -2.25. The number of hydrogen-bond acceptors (Lipinski definition) is 3. The summed E-state index contributed by atoms with van der Waals surface area (Å²) in [7, 11) is -3.40. The molecule has 120 valence electrons. The Labute approximate surface area is 128 Å². The fourth-order valence-electron chi connectivity index (χ4n) is 2.50. The number of hydrogen-bond donors (Lipinski definition) is 2. The first-order chi connectivity index (χ1) is 9.85. The summed E-state index contributed by atoms with van der Waals surface area (Å²) in [6, 6.07) is 2.02. The van der Waals surface area contributed by atoms with Crippen LogP contribution in [0.4, 0.5) is 0 Å². The zero-order chi connectivity index (χ0) is 15.6. The molecule has 0 saturated heterocycles. The van der Waals surface area contributed by atoms with Crippen molar-refractivity contribution in [3.8, 4) is 0 Å². The molecule has 1 aliphatic rings. The van der Waals surface area contributed by atoms with Gasteiger partial charge in [-0.05, 0) is 44.7 Å². The van der Waals surface area contributed by atoms with Crippen molar-refractivity contribution in [2.45, 2.75) is 51.6 Å². The van der Waals surface area contributed by atoms with Gasteiger partial charge < -0.3 is 9.88 Å². The third-order valence-corrected chi connectivity index (χ3v) is 5.53. The fraction of sp³-hybridized carbons (Fsp3) is 0.733. The first kappa shape index (κ1) is 16.5. The molecule has 0 radical (unpaired) electrons. The Morgan fingerprint density at radius 1 is 1.43 bits per heavy atom. The lowest BCUT2D eigenvalue weighted by molar-refractivity contribution is 0.554. The van der Waals surface area contributed by atoms with Crippen molar-refractivity contribution in [3.05, 3.63) is 18.0 Å². The quantitative estimate of drug-likeness (QED) is 0.772. The summed E-state index contributed by atoms with van der Waals surface area (Å²) >= 11 is 0. The van der Waals surface area contributed by atoms with Gasteiger partial charge in [-0.25, -0.2) is 13.1 Å². The van der Waals surface area contributed by atoms with Gasteiger partial charge >= 0.3 is 0 Å². The van der Waals surface area contributed by atoms with Gasteiger partial charge in [0.15, 0.2) is 0 Å². The van der Waals surface area contributed by atoms with Gasteiger partial charge in [0.2, 0.25) is 10.0 Å². The Kier molecular flexibility index (Phi) is 5.11. The molecule has 1 aliphatic carbocycles. The summed E-state index contributed by atoms with van der Waals surface area (Å²) in [5.74, 6) is 1.16. The predicted molar refractivity (Wildman–Crippen MR) is 84.7 cm³/mol. The highest BCUT2D eigenvalue weighted by molar-refractivity contribution is 7.89. The maximum atomic E-state index is 12.4. The number of sulfonamides is 1. The first-order valence-electron chi connectivity index (χ1n) is 7.76. The molecule has 0 amide bonds. The van der Waals surface area contributed by atoms with Crippen LogP contribution < -0.4 is 10.0 Å². The molecule has 2 atom stereocenters. The van der Waals surface area contributed by atoms with Gasteiger partial charge in [0.05, 0.1) is 4.90 Å². The third-order valence-electron chi connectivity index (χ3n) is 4.14. The molecule has 1 aromatic heterocycles. The van der Waals surface area contributed by atoms with Gasteiger partial charge in [-0.2, -0.15) is 0 Å². The van der Waals surface area contributed by atoms with Crippen LogP contribution in [0.5, 0.6) is 0 Å². The van der Waals surface area contributed by atoms with Crippen LogP contribution in [0.1, 0.15) is 45.9 Å². The summed E-state index contributed by atoms with van der Waals surface area (Å²) < 4.78 is 29.5. The molecule has 6 heteroatoms. The Bertz CT molecular complexity index is 578. The molecule has 2 unspecified atom stereocenters. The molecular weight excluding hydrogens is 286 g/mol. The van der Waals surface area contributed by atoms with E-state index in [-0.39, 0.29) is 6.04 Å². The molecule has 5 nitrogen and oxygen atoms in total. The average Bonchev–Trinajstić information content (AvgIpc) is 2.95. The Balaban J connectivity index is 2.13. The highest BCUT2D eigenvalue weighted by Crippen LogP contribution is 2.37. The van der Waals surface area contributed by atoms with E-state index in [4.69, 9.17) is 0 Å². The zero-order valence-corrected chi connectivity index (χ0v) is 14.2. The van der Waals surface area contributed by atoms with Gasteiger partial charge in [-0.1, -0.05) is 13.8 Å². The summed E-state index contributed by atoms with van der Waals surface area (Å²) in [5.41, 5.74) is 1.01. The Morgan fingerprint density at radius 3 is 2.62 bits per heavy atom. The third kappa shape index (κ3) is 4.08. The standard InChI is InChI=1S/C15H27N3O2S/c1-5-16-9-14-7-15(10-18(14)11(2)3)21(19,20)17-8-13-6-12(13)4/h7,10-13,16-17H,5-6,8-9H2,1-4H3. The maximum absolute atomic E-state index is 12.4. The SMILES string of the molecule is CCNCc1cc(S(=O)(=O)NCC2CC2C)cn1C(C)C. The fourth-order valence-corrected chi connectivity index (χ4v) is 3.65. The number of rotatable bonds is 8. The minimum Gasteiger partial charge on any atom is -0.346 e. The van der Waals surface area contributed by atoms with Crippen molar-refractivity contribution in [1.29, 1.82) is 0 Å². The van der Waals surface area contributed by atoms with Crippen LogP contribution in [-0.4, -0.2) is 26.1 Å². The van der Waals surface area contributed by atoms with Crippen LogP contribution in [-0.2, 0) is 16.6 Å². The summed E-state index contributed by atoms with van der Waals surface area (Å²) in [6.07, 6.45) is 2.87. The van der Waals surface area contributed by atoms with E-state index in [1.807, 2.05) is 11.5 Å².